The predicted octanol–water partition coefficient (Wildman–Crippen LogP) is 0.780. The van der Waals surface area contributed by atoms with Crippen molar-refractivity contribution in [2.45, 2.75) is 0 Å². The van der Waals surface area contributed by atoms with E-state index in [0.717, 1.165) is 0 Å². The minimum atomic E-state index is -2.50. The molecule has 1 nitrogen and oxygen atoms in total. The third kappa shape index (κ3) is 15.8. The lowest BCUT2D eigenvalue weighted by molar-refractivity contribution is -0.184. The summed E-state index contributed by atoms with van der Waals surface area (Å²) < 4.78 is 28.5. The molecule has 25 valence electrons. The standard InChI is InChI=1S/F3N/c1-4(2)3/q+1. The Balaban J connectivity index is 2.32. The molecule has 0 bridgehead atoms. The summed E-state index contributed by atoms with van der Waals surface area (Å²) >= 11 is 0. The quantitative estimate of drug-likeness (QED) is 0.372. The van der Waals surface area contributed by atoms with Gasteiger partial charge in [-0.25, -0.2) is 0 Å². The van der Waals surface area contributed by atoms with Crippen molar-refractivity contribution >= 4 is 0 Å². The van der Waals surface area contributed by atoms with Gasteiger partial charge in [-0.2, -0.15) is 0 Å². The first kappa shape index (κ1) is 3.75. The summed E-state index contributed by atoms with van der Waals surface area (Å²) in [4.78, 5) is 0. The van der Waals surface area contributed by atoms with Crippen molar-refractivity contribution < 1.29 is 13.4 Å². The Kier molecular flexibility index (Phi) is 1.04. The highest BCUT2D eigenvalue weighted by atomic mass is 19.5. The highest BCUT2D eigenvalue weighted by Gasteiger charge is 2.08. The second-order valence-electron chi connectivity index (χ2n) is 0.192. The van der Waals surface area contributed by atoms with Crippen molar-refractivity contribution in [3.8, 4) is 0 Å². The maximum atomic E-state index is 9.50. The van der Waals surface area contributed by atoms with Gasteiger partial charge in [-0.1, -0.05) is 0 Å². The monoisotopic (exact) mass is 71.0 g/mol. The van der Waals surface area contributed by atoms with E-state index in [4.69, 9.17) is 0 Å². The molecule has 0 N–H and O–H groups in total. The van der Waals surface area contributed by atoms with Gasteiger partial charge in [-0.05, 0) is 0 Å². The average molecular weight is 71.0 g/mol. The molecule has 1 radical (unpaired) electrons. The lowest BCUT2D eigenvalue weighted by Crippen LogP contribution is -1.82. The fourth-order valence-electron chi connectivity index (χ4n) is 0. The molecule has 0 rings (SSSR count). The molecule has 0 aromatic heterocycles. The summed E-state index contributed by atoms with van der Waals surface area (Å²) in [7, 11) is 0. The minimum absolute atomic E-state index is 2.50. The molecular formula is F3N+. The molecule has 0 aromatic rings. The van der Waals surface area contributed by atoms with Gasteiger partial charge in [-0.15, -0.1) is 0 Å². The molecule has 4 heteroatoms. The van der Waals surface area contributed by atoms with E-state index in [-0.39, 0.29) is 0 Å². The van der Waals surface area contributed by atoms with Gasteiger partial charge in [0.25, 0.3) is 0 Å². The van der Waals surface area contributed by atoms with Crippen molar-refractivity contribution in [2.24, 2.45) is 0 Å². The first-order valence-corrected chi connectivity index (χ1v) is 0.507. The van der Waals surface area contributed by atoms with Crippen LogP contribution in [-0.4, -0.2) is 0 Å². The van der Waals surface area contributed by atoms with Crippen molar-refractivity contribution in [3.63, 3.8) is 0 Å². The largest absolute Gasteiger partial charge is 0.513 e. The fraction of sp³-hybridized carbons (Fsp3) is 0. The number of hydrogen-bond donors (Lipinski definition) is 0. The van der Waals surface area contributed by atoms with E-state index in [2.05, 4.69) is 0 Å². The van der Waals surface area contributed by atoms with Crippen LogP contribution in [0.4, 0.5) is 13.4 Å². The molecule has 0 aliphatic heterocycles. The molecule has 0 unspecified atom stereocenters. The predicted molar refractivity (Wildman–Crippen MR) is 5.46 cm³/mol. The maximum absolute atomic E-state index is 9.50. The van der Waals surface area contributed by atoms with Crippen molar-refractivity contribution in [3.05, 3.63) is 0 Å². The fourth-order valence-corrected chi connectivity index (χ4v) is 0. The van der Waals surface area contributed by atoms with E-state index in [9.17, 15) is 13.4 Å². The molecule has 0 fully saturated rings. The Labute approximate surface area is 20.4 Å². The van der Waals surface area contributed by atoms with Crippen LogP contribution in [-0.2, 0) is 0 Å². The van der Waals surface area contributed by atoms with E-state index >= 15 is 0 Å². The van der Waals surface area contributed by atoms with E-state index in [1.54, 1.807) is 0 Å². The number of nitrogens with zero attached hydrogens (tertiary/aromatic N) is 1. The molecule has 0 spiro atoms. The zero-order chi connectivity index (χ0) is 3.58. The van der Waals surface area contributed by atoms with Gasteiger partial charge in [0.1, 0.15) is 0 Å². The van der Waals surface area contributed by atoms with E-state index in [0.29, 0.717) is 0 Å². The van der Waals surface area contributed by atoms with Crippen molar-refractivity contribution in [1.82, 2.24) is 5.57 Å². The normalized spacial score (nSPS) is 9.00. The Morgan fingerprint density at radius 1 is 1.00 bits per heavy atom. The van der Waals surface area contributed by atoms with Gasteiger partial charge in [0, 0.05) is 0 Å². The van der Waals surface area contributed by atoms with Gasteiger partial charge in [-0.3, -0.25) is 0 Å². The zero-order valence-corrected chi connectivity index (χ0v) is 1.58. The highest BCUT2D eigenvalue weighted by molar-refractivity contribution is 3.43. The summed E-state index contributed by atoms with van der Waals surface area (Å²) in [5, 5.41) is 0. The van der Waals surface area contributed by atoms with Crippen LogP contribution in [0.1, 0.15) is 0 Å². The smallest absolute Gasteiger partial charge is 0.162 e. The lowest BCUT2D eigenvalue weighted by atomic mass is 13.5. The summed E-state index contributed by atoms with van der Waals surface area (Å²) in [6.07, 6.45) is 0. The van der Waals surface area contributed by atoms with Crippen molar-refractivity contribution in [1.29, 1.82) is 0 Å². The van der Waals surface area contributed by atoms with Crippen LogP contribution in [0.5, 0.6) is 0 Å². The second kappa shape index (κ2) is 1.11. The molecule has 0 aliphatic carbocycles. The van der Waals surface area contributed by atoms with Crippen LogP contribution in [0.25, 0.3) is 0 Å². The summed E-state index contributed by atoms with van der Waals surface area (Å²) in [6, 6.07) is 0. The first-order chi connectivity index (χ1) is 1.73. The van der Waals surface area contributed by atoms with E-state index in [1.165, 1.54) is 0 Å². The van der Waals surface area contributed by atoms with Crippen molar-refractivity contribution in [2.75, 3.05) is 0 Å². The summed E-state index contributed by atoms with van der Waals surface area (Å²) in [5.41, 5.74) is -2.50. The zero-order valence-electron chi connectivity index (χ0n) is 1.58. The Morgan fingerprint density at radius 2 is 1.00 bits per heavy atom. The lowest BCUT2D eigenvalue weighted by Gasteiger charge is -1.40. The van der Waals surface area contributed by atoms with Gasteiger partial charge in [0.15, 0.2) is 13.4 Å². The number of hydrogen-bond acceptors (Lipinski definition) is 1. The van der Waals surface area contributed by atoms with Crippen LogP contribution in [0.2, 0.25) is 0 Å². The third-order valence-electron chi connectivity index (χ3n) is 0. The number of halogens is 3. The topological polar surface area (TPSA) is 5.90 Å². The van der Waals surface area contributed by atoms with Crippen LogP contribution in [0, 0.1) is 0 Å². The maximum Gasteiger partial charge on any atom is 0.513 e. The molecule has 0 atom stereocenters. The highest BCUT2D eigenvalue weighted by Crippen LogP contribution is 1.76. The summed E-state index contributed by atoms with van der Waals surface area (Å²) in [6.45, 7) is 0. The van der Waals surface area contributed by atoms with Gasteiger partial charge < -0.3 is 0 Å². The Morgan fingerprint density at radius 3 is 1.00 bits per heavy atom. The molecular weight excluding hydrogens is 71.0 g/mol. The van der Waals surface area contributed by atoms with Gasteiger partial charge >= 0.3 is 5.57 Å². The average Bonchev–Trinajstić information content (AvgIpc) is 0.811. The molecule has 0 amide bonds. The molecule has 0 heterocycles. The Bertz CT molecular complexity index is 8.00. The molecule has 0 aliphatic rings. The van der Waals surface area contributed by atoms with E-state index < -0.39 is 5.57 Å². The Hall–Kier alpha value is -0.250. The van der Waals surface area contributed by atoms with Crippen LogP contribution in [0.15, 0.2) is 0 Å². The van der Waals surface area contributed by atoms with Crippen LogP contribution >= 0.6 is 0 Å². The van der Waals surface area contributed by atoms with E-state index in [1.807, 2.05) is 0 Å². The molecule has 0 saturated carbocycles. The molecule has 0 saturated heterocycles. The summed E-state index contributed by atoms with van der Waals surface area (Å²) in [5.74, 6) is 0. The van der Waals surface area contributed by atoms with Crippen LogP contribution < -0.4 is 5.57 Å². The molecule has 0 aromatic carbocycles. The third-order valence-corrected chi connectivity index (χ3v) is 0. The van der Waals surface area contributed by atoms with Gasteiger partial charge in [0.05, 0.1) is 0 Å². The second-order valence-corrected chi connectivity index (χ2v) is 0.192. The van der Waals surface area contributed by atoms with Gasteiger partial charge in [0.2, 0.25) is 0 Å². The SMILES string of the molecule is F[N+](F)F. The molecule has 4 heavy (non-hydrogen) atoms. The minimum Gasteiger partial charge on any atom is 0.162 e. The number of rotatable bonds is 0. The van der Waals surface area contributed by atoms with Crippen LogP contribution in [0.3, 0.4) is 0 Å². The first-order valence-electron chi connectivity index (χ1n) is 0.507.